The molecule has 0 atom stereocenters. The van der Waals surface area contributed by atoms with E-state index in [4.69, 9.17) is 58.8 Å². The first kappa shape index (κ1) is 122. The lowest BCUT2D eigenvalue weighted by Crippen LogP contribution is -2.41. The van der Waals surface area contributed by atoms with E-state index in [0.717, 1.165) is 89.9 Å². The first-order valence-electron chi connectivity index (χ1n) is 43.7. The molecule has 0 bridgehead atoms. The van der Waals surface area contributed by atoms with Crippen molar-refractivity contribution >= 4 is 191 Å². The molecule has 38 heteroatoms. The molecule has 10 N–H and O–H groups in total. The van der Waals surface area contributed by atoms with Gasteiger partial charge < -0.3 is 63.9 Å². The molecule has 31 nitrogen and oxygen atoms in total. The van der Waals surface area contributed by atoms with Gasteiger partial charge in [-0.05, 0) is 372 Å². The molecule has 1 aliphatic heterocycles. The fraction of sp³-hybridized carbons (Fsp3) is 0.495. The second-order valence-corrected chi connectivity index (χ2v) is 43.8. The first-order valence-corrected chi connectivity index (χ1v) is 48.5. The summed E-state index contributed by atoms with van der Waals surface area (Å²) in [6.07, 6.45) is 1.06. The fourth-order valence-corrected chi connectivity index (χ4v) is 13.7. The number of carbonyl (C=O) groups is 7. The molecule has 0 saturated carbocycles. The molecule has 0 unspecified atom stereocenters. The molecule has 1 aliphatic rings. The molecule has 8 rings (SSSR count). The van der Waals surface area contributed by atoms with Crippen LogP contribution in [0.3, 0.4) is 0 Å². The highest BCUT2D eigenvalue weighted by Gasteiger charge is 2.52. The minimum atomic E-state index is -0.620. The lowest BCUT2D eigenvalue weighted by molar-refractivity contribution is -0.385. The van der Waals surface area contributed by atoms with Crippen LogP contribution < -0.4 is 48.4 Å². The van der Waals surface area contributed by atoms with Gasteiger partial charge in [-0.3, -0.25) is 36.7 Å². The number of azide groups is 1. The summed E-state index contributed by atoms with van der Waals surface area (Å²) in [5.41, 5.74) is 20.9. The number of nitrogens with one attached hydrogen (secondary N) is 7. The van der Waals surface area contributed by atoms with Crippen LogP contribution in [0.5, 0.6) is 0 Å². The lowest BCUT2D eigenvalue weighted by atomic mass is 9.78. The highest BCUT2D eigenvalue weighted by molar-refractivity contribution is 9.11. The van der Waals surface area contributed by atoms with Gasteiger partial charge in [-0.15, -0.1) is 0 Å². The number of nitro groups is 1. The number of aryl methyl sites for hydroxylation is 3. The molecule has 7 aromatic carbocycles. The summed E-state index contributed by atoms with van der Waals surface area (Å²) in [7, 11) is -0.539. The molecular formula is C97H137BBr6N12O19. The number of carbonyl (C=O) groups excluding carboxylic acids is 7. The Labute approximate surface area is 847 Å². The minimum absolute atomic E-state index is 0.0272. The molecule has 744 valence electrons. The second-order valence-electron chi connectivity index (χ2n) is 38.3. The van der Waals surface area contributed by atoms with E-state index in [0.29, 0.717) is 74.5 Å². The predicted molar refractivity (Wildman–Crippen MR) is 560 cm³/mol. The van der Waals surface area contributed by atoms with Gasteiger partial charge in [0.25, 0.3) is 5.69 Å². The molecule has 1 heterocycles. The lowest BCUT2D eigenvalue weighted by Gasteiger charge is -2.32. The number of aliphatic hydroxyl groups is 1. The summed E-state index contributed by atoms with van der Waals surface area (Å²) >= 11 is 20.2. The Kier molecular flexibility index (Phi) is 50.5. The molecule has 1 fully saturated rings. The Bertz CT molecular complexity index is 5110. The number of nitrogen functional groups attached to an aromatic ring is 1. The number of aliphatic hydroxyl groups excluding tert-OH is 1. The number of nitrogens with two attached hydrogens (primary N) is 1. The monoisotopic (exact) mass is 2260 g/mol. The van der Waals surface area contributed by atoms with Crippen molar-refractivity contribution in [2.45, 2.75) is 289 Å². The summed E-state index contributed by atoms with van der Waals surface area (Å²) in [5.74, 6) is 0. The fourth-order valence-electron chi connectivity index (χ4n) is 11.2. The van der Waals surface area contributed by atoms with Crippen molar-refractivity contribution in [3.05, 3.63) is 214 Å². The van der Waals surface area contributed by atoms with Gasteiger partial charge >= 0.3 is 49.8 Å². The number of amides is 7. The summed E-state index contributed by atoms with van der Waals surface area (Å²) < 4.78 is 54.7. The van der Waals surface area contributed by atoms with Gasteiger partial charge in [-0.25, -0.2) is 33.6 Å². The molecule has 0 aromatic heterocycles. The zero-order valence-electron chi connectivity index (χ0n) is 82.9. The van der Waals surface area contributed by atoms with Gasteiger partial charge in [0, 0.05) is 104 Å². The first-order chi connectivity index (χ1) is 62.1. The van der Waals surface area contributed by atoms with E-state index in [1.54, 1.807) is 98.7 Å². The minimum Gasteiger partial charge on any atom is -0.444 e. The van der Waals surface area contributed by atoms with Crippen LogP contribution in [-0.2, 0) is 87.4 Å². The van der Waals surface area contributed by atoms with Crippen molar-refractivity contribution in [3.63, 3.8) is 0 Å². The zero-order valence-corrected chi connectivity index (χ0v) is 92.4. The Morgan fingerprint density at radius 1 is 0.400 bits per heavy atom. The number of rotatable bonds is 21. The maximum absolute atomic E-state index is 12.4. The van der Waals surface area contributed by atoms with E-state index >= 15 is 0 Å². The number of halogens is 6. The van der Waals surface area contributed by atoms with Crippen LogP contribution in [0, 0.1) is 10.1 Å². The smallest absolute Gasteiger partial charge is 0.444 e. The predicted octanol–water partition coefficient (Wildman–Crippen LogP) is 27.1. The third kappa shape index (κ3) is 52.2. The van der Waals surface area contributed by atoms with Gasteiger partial charge in [0.2, 0.25) is 0 Å². The van der Waals surface area contributed by atoms with Crippen molar-refractivity contribution in [2.75, 3.05) is 58.6 Å². The molecule has 0 aliphatic carbocycles. The molecule has 7 amide bonds. The normalized spacial score (nSPS) is 12.5. The SMILES string of the molecule is CC(C)(C)OC(=O)NCCc1cc(B2OC(C)(C)C(C)(C)O2)ccc1NC(=O)OC(C)(C)C.CC(C)(C)OC(=O)NCCc1cc(Br)ccc1NC(=O)OC(C)(C)C.CC(C)(C)OC(=O)Nc1ccc(Br)cc1CCN=[N+]=[N-].CC(C)(C)OC(=O)Nc1ccc(Br)cc1CCO.CCc1cc(Br)ccc1N.CCc1cc(Br)ccc1NC(=O)OC(C)(C)C.CCc1cc(Br)ccc1[N+](=O)[O-]. The van der Waals surface area contributed by atoms with Crippen molar-refractivity contribution in [3.8, 4) is 0 Å². The molecule has 1 saturated heterocycles. The number of alkyl carbamates (subject to hydrolysis) is 2. The zero-order chi connectivity index (χ0) is 103. The van der Waals surface area contributed by atoms with Gasteiger partial charge in [0.1, 0.15) is 39.2 Å². The summed E-state index contributed by atoms with van der Waals surface area (Å²) in [6, 6.07) is 38.7. The number of ether oxygens (including phenoxy) is 7. The van der Waals surface area contributed by atoms with E-state index in [2.05, 4.69) is 156 Å². The van der Waals surface area contributed by atoms with E-state index in [1.807, 2.05) is 203 Å². The van der Waals surface area contributed by atoms with Crippen molar-refractivity contribution in [1.29, 1.82) is 0 Å². The standard InChI is InChI=1S/C24H39BN2O6.C18H27BrN2O4.C13H17BrN4O2.C13H18BrNO3.C13H18BrNO2.C8H8BrNO2.C8H10BrN/c1-21(2,3)30-19(28)26-14-13-16-15-17(25-32-23(7,8)24(9,10)33-25)11-12-18(16)27-20(29)31-22(4,5)6;1-17(2,3)24-15(22)20-10-9-12-11-13(19)7-8-14(12)21-16(23)25-18(4,5)6;1-13(2,3)20-12(19)17-11-5-4-10(14)8-9(11)6-7-16-18-15;1-13(2,3)18-12(17)15-11-5-4-10(14)8-9(11)6-7-16;1-5-9-8-10(14)6-7-11(9)15-12(16)17-13(2,3)4;1-2-6-5-7(9)3-4-8(6)10(11)12;1-2-6-5-7(9)3-4-8(6)10/h11-12,15H,13-14H2,1-10H3,(H,26,28)(H,27,29);7-8,11H,9-10H2,1-6H3,(H,20,22)(H,21,23);4-5,8H,6-7H2,1-3H3,(H,17,19);4-5,8,16H,6-7H2,1-3H3,(H,15,17);6-8H,5H2,1-4H3,(H,15,16);3-5H,2H2,1H3;3-5H,2,10H2,1H3. The van der Waals surface area contributed by atoms with Crippen LogP contribution >= 0.6 is 95.6 Å². The maximum Gasteiger partial charge on any atom is 0.494 e. The topological polar surface area (TPSA) is 425 Å². The molecule has 135 heavy (non-hydrogen) atoms. The maximum atomic E-state index is 12.4. The number of nitrogens with zero attached hydrogens (tertiary/aromatic N) is 4. The van der Waals surface area contributed by atoms with Crippen LogP contribution in [0.15, 0.2) is 159 Å². The largest absolute Gasteiger partial charge is 0.494 e. The Morgan fingerprint density at radius 2 is 0.659 bits per heavy atom. The Morgan fingerprint density at radius 3 is 0.956 bits per heavy atom. The average Bonchev–Trinajstić information content (AvgIpc) is 1.62. The second kappa shape index (κ2) is 56.0. The van der Waals surface area contributed by atoms with Crippen LogP contribution in [0.4, 0.5) is 73.4 Å². The molecule has 0 radical (unpaired) electrons. The number of hydrogen-bond donors (Lipinski definition) is 9. The Balaban J connectivity index is 0.000000549. The van der Waals surface area contributed by atoms with E-state index in [1.165, 1.54) is 11.6 Å². The van der Waals surface area contributed by atoms with E-state index < -0.39 is 100 Å². The average molecular weight is 2270 g/mol. The number of hydrogen-bond acceptors (Lipinski definition) is 21. The van der Waals surface area contributed by atoms with E-state index in [-0.39, 0.29) is 17.2 Å². The van der Waals surface area contributed by atoms with Gasteiger partial charge in [0.05, 0.1) is 16.1 Å². The van der Waals surface area contributed by atoms with E-state index in [9.17, 15) is 43.7 Å². The quantitative estimate of drug-likeness (QED) is 0.00471. The van der Waals surface area contributed by atoms with Crippen LogP contribution in [0.2, 0.25) is 0 Å². The van der Waals surface area contributed by atoms with Gasteiger partial charge in [-0.2, -0.15) is 0 Å². The van der Waals surface area contributed by atoms with Crippen LogP contribution in [0.25, 0.3) is 10.4 Å². The molecule has 0 spiro atoms. The molecule has 7 aromatic rings. The summed E-state index contributed by atoms with van der Waals surface area (Å²) in [4.78, 5) is 96.0. The number of nitro benzene ring substituents is 1. The highest BCUT2D eigenvalue weighted by atomic mass is 79.9. The third-order valence-electron chi connectivity index (χ3n) is 17.6. The van der Waals surface area contributed by atoms with Crippen molar-refractivity contribution < 1.29 is 86.1 Å². The summed E-state index contributed by atoms with van der Waals surface area (Å²) in [5, 5.41) is 42.1. The highest BCUT2D eigenvalue weighted by Crippen LogP contribution is 2.38. The van der Waals surface area contributed by atoms with Gasteiger partial charge in [0.15, 0.2) is 0 Å². The van der Waals surface area contributed by atoms with Crippen LogP contribution in [0.1, 0.15) is 233 Å². The number of benzene rings is 7. The third-order valence-corrected chi connectivity index (χ3v) is 20.6. The van der Waals surface area contributed by atoms with Crippen molar-refractivity contribution in [2.24, 2.45) is 5.11 Å². The summed E-state index contributed by atoms with van der Waals surface area (Å²) in [6.45, 7) is 53.1. The van der Waals surface area contributed by atoms with Gasteiger partial charge in [-0.1, -0.05) is 134 Å². The Hall–Kier alpha value is -9.24. The molecular weight excluding hydrogens is 2130 g/mol. The number of anilines is 6. The van der Waals surface area contributed by atoms with Crippen molar-refractivity contribution in [1.82, 2.24) is 10.6 Å². The van der Waals surface area contributed by atoms with Crippen LogP contribution in [-0.4, -0.2) is 136 Å².